The van der Waals surface area contributed by atoms with Gasteiger partial charge in [-0.25, -0.2) is 0 Å². The molecule has 3 rings (SSSR count). The van der Waals surface area contributed by atoms with Gasteiger partial charge in [-0.3, -0.25) is 14.9 Å². The second-order valence-electron chi connectivity index (χ2n) is 6.88. The van der Waals surface area contributed by atoms with E-state index in [1.54, 1.807) is 4.90 Å². The van der Waals surface area contributed by atoms with Crippen LogP contribution in [0.2, 0.25) is 0 Å². The van der Waals surface area contributed by atoms with Crippen molar-refractivity contribution in [3.63, 3.8) is 0 Å². The Bertz CT molecular complexity index is 702. The number of nitrogens with zero attached hydrogens (tertiary/aromatic N) is 2. The second kappa shape index (κ2) is 7.13. The van der Waals surface area contributed by atoms with Gasteiger partial charge < -0.3 is 10.2 Å². The summed E-state index contributed by atoms with van der Waals surface area (Å²) < 4.78 is 39.2. The summed E-state index contributed by atoms with van der Waals surface area (Å²) in [6.45, 7) is 1.01. The van der Waals surface area contributed by atoms with Crippen LogP contribution >= 0.6 is 0 Å². The van der Waals surface area contributed by atoms with Gasteiger partial charge in [-0.2, -0.15) is 13.2 Å². The Morgan fingerprint density at radius 2 is 1.92 bits per heavy atom. The van der Waals surface area contributed by atoms with E-state index in [0.29, 0.717) is 19.5 Å². The van der Waals surface area contributed by atoms with Crippen LogP contribution in [0.25, 0.3) is 0 Å². The number of alkyl halides is 3. The van der Waals surface area contributed by atoms with Gasteiger partial charge in [0.2, 0.25) is 5.91 Å². The molecule has 1 amide bonds. The average molecular weight is 371 g/mol. The fraction of sp³-hybridized carbons (Fsp3) is 0.588. The van der Waals surface area contributed by atoms with E-state index in [9.17, 15) is 28.1 Å². The highest BCUT2D eigenvalue weighted by molar-refractivity contribution is 5.79. The molecule has 9 heteroatoms. The standard InChI is InChI=1S/C17H20F3N3O3/c18-17(19,20)14-9-12(5-6-15(14)23(25)26)21-13-7-8-22(10-13)16(24)11-3-1-2-4-11/h5-6,9,11,13,21H,1-4,7-8,10H2. The Balaban J connectivity index is 1.68. The summed E-state index contributed by atoms with van der Waals surface area (Å²) in [6.07, 6.45) is -0.226. The third-order valence-electron chi connectivity index (χ3n) is 5.07. The molecule has 1 aliphatic carbocycles. The number of carbonyl (C=O) groups is 1. The van der Waals surface area contributed by atoms with Gasteiger partial charge in [0.15, 0.2) is 0 Å². The predicted molar refractivity (Wildman–Crippen MR) is 88.7 cm³/mol. The minimum absolute atomic E-state index is 0.0740. The van der Waals surface area contributed by atoms with Crippen molar-refractivity contribution in [3.8, 4) is 0 Å². The zero-order valence-electron chi connectivity index (χ0n) is 14.1. The summed E-state index contributed by atoms with van der Waals surface area (Å²) in [5.74, 6) is 0.205. The minimum atomic E-state index is -4.81. The molecule has 0 radical (unpaired) electrons. The van der Waals surface area contributed by atoms with Crippen molar-refractivity contribution >= 4 is 17.3 Å². The molecule has 1 saturated carbocycles. The van der Waals surface area contributed by atoms with Crippen LogP contribution < -0.4 is 5.32 Å². The lowest BCUT2D eigenvalue weighted by atomic mass is 10.1. The lowest BCUT2D eigenvalue weighted by Gasteiger charge is -2.21. The largest absolute Gasteiger partial charge is 0.423 e. The highest BCUT2D eigenvalue weighted by atomic mass is 19.4. The lowest BCUT2D eigenvalue weighted by Crippen LogP contribution is -2.35. The zero-order valence-corrected chi connectivity index (χ0v) is 14.1. The van der Waals surface area contributed by atoms with E-state index in [2.05, 4.69) is 5.32 Å². The van der Waals surface area contributed by atoms with Crippen LogP contribution in [-0.4, -0.2) is 34.9 Å². The normalized spacial score (nSPS) is 21.2. The van der Waals surface area contributed by atoms with Gasteiger partial charge in [0.25, 0.3) is 5.69 Å². The molecule has 1 N–H and O–H groups in total. The van der Waals surface area contributed by atoms with Crippen molar-refractivity contribution in [1.82, 2.24) is 4.90 Å². The lowest BCUT2D eigenvalue weighted by molar-refractivity contribution is -0.388. The summed E-state index contributed by atoms with van der Waals surface area (Å²) in [4.78, 5) is 24.0. The maximum absolute atomic E-state index is 13.1. The second-order valence-corrected chi connectivity index (χ2v) is 6.88. The van der Waals surface area contributed by atoms with Gasteiger partial charge >= 0.3 is 6.18 Å². The van der Waals surface area contributed by atoms with Gasteiger partial charge in [0, 0.05) is 36.8 Å². The van der Waals surface area contributed by atoms with E-state index in [4.69, 9.17) is 0 Å². The number of anilines is 1. The quantitative estimate of drug-likeness (QED) is 0.645. The molecular weight excluding hydrogens is 351 g/mol. The van der Waals surface area contributed by atoms with E-state index >= 15 is 0 Å². The monoisotopic (exact) mass is 371 g/mol. The van der Waals surface area contributed by atoms with Crippen molar-refractivity contribution in [2.45, 2.75) is 44.3 Å². The topological polar surface area (TPSA) is 75.5 Å². The molecular formula is C17H20F3N3O3. The molecule has 6 nitrogen and oxygen atoms in total. The number of benzene rings is 1. The molecule has 0 aromatic heterocycles. The van der Waals surface area contributed by atoms with E-state index in [1.165, 1.54) is 6.07 Å². The van der Waals surface area contributed by atoms with Crippen LogP contribution in [0.4, 0.5) is 24.5 Å². The number of nitro groups is 1. The Morgan fingerprint density at radius 3 is 2.54 bits per heavy atom. The molecule has 0 spiro atoms. The third-order valence-corrected chi connectivity index (χ3v) is 5.07. The fourth-order valence-electron chi connectivity index (χ4n) is 3.76. The molecule has 1 unspecified atom stereocenters. The van der Waals surface area contributed by atoms with Crippen LogP contribution in [0.15, 0.2) is 18.2 Å². The van der Waals surface area contributed by atoms with Gasteiger partial charge in [0.1, 0.15) is 5.56 Å². The minimum Gasteiger partial charge on any atom is -0.380 e. The summed E-state index contributed by atoms with van der Waals surface area (Å²) in [5.41, 5.74) is -2.07. The molecule has 1 aliphatic heterocycles. The van der Waals surface area contributed by atoms with Gasteiger partial charge in [0.05, 0.1) is 4.92 Å². The number of hydrogen-bond donors (Lipinski definition) is 1. The molecule has 1 aromatic carbocycles. The summed E-state index contributed by atoms with van der Waals surface area (Å²) >= 11 is 0. The van der Waals surface area contributed by atoms with Crippen molar-refractivity contribution in [2.75, 3.05) is 18.4 Å². The zero-order chi connectivity index (χ0) is 18.9. The predicted octanol–water partition coefficient (Wildman–Crippen LogP) is 3.82. The molecule has 1 saturated heterocycles. The van der Waals surface area contributed by atoms with Crippen LogP contribution in [0, 0.1) is 16.0 Å². The van der Waals surface area contributed by atoms with Gasteiger partial charge in [-0.1, -0.05) is 12.8 Å². The van der Waals surface area contributed by atoms with E-state index in [1.807, 2.05) is 0 Å². The Labute approximate surface area is 148 Å². The number of likely N-dealkylation sites (tertiary alicyclic amines) is 1. The van der Waals surface area contributed by atoms with Crippen molar-refractivity contribution < 1.29 is 22.9 Å². The Hall–Kier alpha value is -2.32. The third kappa shape index (κ3) is 3.91. The SMILES string of the molecule is O=C(C1CCCC1)N1CCC(Nc2ccc([N+](=O)[O-])c(C(F)(F)F)c2)C1. The first-order valence-corrected chi connectivity index (χ1v) is 8.66. The first-order chi connectivity index (χ1) is 12.3. The molecule has 2 fully saturated rings. The van der Waals surface area contributed by atoms with E-state index in [0.717, 1.165) is 37.8 Å². The smallest absolute Gasteiger partial charge is 0.380 e. The number of rotatable bonds is 4. The fourth-order valence-corrected chi connectivity index (χ4v) is 3.76. The molecule has 26 heavy (non-hydrogen) atoms. The number of amides is 1. The number of hydrogen-bond acceptors (Lipinski definition) is 4. The maximum atomic E-state index is 13.1. The van der Waals surface area contributed by atoms with Crippen LogP contribution in [-0.2, 0) is 11.0 Å². The molecule has 2 aliphatic rings. The highest BCUT2D eigenvalue weighted by Gasteiger charge is 2.39. The number of nitro benzene ring substituents is 1. The van der Waals surface area contributed by atoms with Crippen LogP contribution in [0.5, 0.6) is 0 Å². The van der Waals surface area contributed by atoms with Crippen molar-refractivity contribution in [3.05, 3.63) is 33.9 Å². The molecule has 0 bridgehead atoms. The Morgan fingerprint density at radius 1 is 1.23 bits per heavy atom. The van der Waals surface area contributed by atoms with E-state index in [-0.39, 0.29) is 23.6 Å². The van der Waals surface area contributed by atoms with Crippen molar-refractivity contribution in [2.24, 2.45) is 5.92 Å². The summed E-state index contributed by atoms with van der Waals surface area (Å²) in [7, 11) is 0. The summed E-state index contributed by atoms with van der Waals surface area (Å²) in [5, 5.41) is 13.8. The van der Waals surface area contributed by atoms with Crippen LogP contribution in [0.1, 0.15) is 37.7 Å². The van der Waals surface area contributed by atoms with Gasteiger partial charge in [-0.05, 0) is 31.4 Å². The maximum Gasteiger partial charge on any atom is 0.423 e. The average Bonchev–Trinajstić information content (AvgIpc) is 3.25. The van der Waals surface area contributed by atoms with E-state index < -0.39 is 22.4 Å². The molecule has 1 heterocycles. The molecule has 1 atom stereocenters. The molecule has 142 valence electrons. The van der Waals surface area contributed by atoms with Crippen LogP contribution in [0.3, 0.4) is 0 Å². The first-order valence-electron chi connectivity index (χ1n) is 8.66. The molecule has 1 aromatic rings. The summed E-state index contributed by atoms with van der Waals surface area (Å²) in [6, 6.07) is 2.73. The first kappa shape index (κ1) is 18.5. The number of nitrogens with one attached hydrogen (secondary N) is 1. The number of carbonyl (C=O) groups excluding carboxylic acids is 1. The number of halogens is 3. The van der Waals surface area contributed by atoms with Crippen molar-refractivity contribution in [1.29, 1.82) is 0 Å². The Kier molecular flexibility index (Phi) is 5.06. The van der Waals surface area contributed by atoms with Gasteiger partial charge in [-0.15, -0.1) is 0 Å². The highest BCUT2D eigenvalue weighted by Crippen LogP contribution is 2.38.